The smallest absolute Gasteiger partial charge is 0.416 e. The highest BCUT2D eigenvalue weighted by Gasteiger charge is 2.30. The van der Waals surface area contributed by atoms with Crippen LogP contribution in [0.4, 0.5) is 13.2 Å². The maximum absolute atomic E-state index is 12.7. The number of ether oxygens (including phenoxy) is 2. The molecule has 2 aromatic carbocycles. The van der Waals surface area contributed by atoms with E-state index in [4.69, 9.17) is 15.2 Å². The molecule has 0 spiro atoms. The molecule has 1 unspecified atom stereocenters. The maximum Gasteiger partial charge on any atom is 0.416 e. The van der Waals surface area contributed by atoms with Crippen molar-refractivity contribution in [1.82, 2.24) is 0 Å². The van der Waals surface area contributed by atoms with Crippen molar-refractivity contribution < 1.29 is 22.6 Å². The summed E-state index contributed by atoms with van der Waals surface area (Å²) in [6, 6.07) is 11.2. The number of hydrogen-bond acceptors (Lipinski definition) is 3. The van der Waals surface area contributed by atoms with Crippen LogP contribution >= 0.6 is 0 Å². The molecular formula is C16H16F3NO2. The van der Waals surface area contributed by atoms with Gasteiger partial charge in [-0.1, -0.05) is 18.2 Å². The van der Waals surface area contributed by atoms with Gasteiger partial charge in [-0.25, -0.2) is 0 Å². The average molecular weight is 311 g/mol. The quantitative estimate of drug-likeness (QED) is 0.913. The van der Waals surface area contributed by atoms with Crippen molar-refractivity contribution in [2.75, 3.05) is 13.7 Å². The van der Waals surface area contributed by atoms with E-state index in [0.717, 1.165) is 12.1 Å². The molecule has 0 aliphatic carbocycles. The predicted molar refractivity (Wildman–Crippen MR) is 76.9 cm³/mol. The largest absolute Gasteiger partial charge is 0.497 e. The molecule has 3 nitrogen and oxygen atoms in total. The van der Waals surface area contributed by atoms with E-state index < -0.39 is 17.8 Å². The van der Waals surface area contributed by atoms with Crippen LogP contribution in [-0.4, -0.2) is 13.7 Å². The molecule has 1 atom stereocenters. The van der Waals surface area contributed by atoms with E-state index in [1.54, 1.807) is 30.3 Å². The van der Waals surface area contributed by atoms with Crippen molar-refractivity contribution in [2.24, 2.45) is 5.73 Å². The molecule has 0 saturated carbocycles. The molecule has 0 fully saturated rings. The Morgan fingerprint density at radius 3 is 2.41 bits per heavy atom. The van der Waals surface area contributed by atoms with Crippen molar-refractivity contribution in [1.29, 1.82) is 0 Å². The van der Waals surface area contributed by atoms with Crippen LogP contribution in [0.5, 0.6) is 11.5 Å². The standard InChI is InChI=1S/C16H16F3NO2/c1-21-13-6-3-7-14(9-13)22-10-15(20)11-4-2-5-12(8-11)16(17,18)19/h2-9,15H,10,20H2,1H3. The van der Waals surface area contributed by atoms with E-state index in [1.807, 2.05) is 0 Å². The Kier molecular flexibility index (Phi) is 4.92. The molecule has 0 aliphatic heterocycles. The molecular weight excluding hydrogens is 295 g/mol. The number of benzene rings is 2. The summed E-state index contributed by atoms with van der Waals surface area (Å²) in [7, 11) is 1.54. The summed E-state index contributed by atoms with van der Waals surface area (Å²) in [6.45, 7) is 0.0640. The number of halogens is 3. The Morgan fingerprint density at radius 1 is 1.05 bits per heavy atom. The SMILES string of the molecule is COc1cccc(OCC(N)c2cccc(C(F)(F)F)c2)c1. The topological polar surface area (TPSA) is 44.5 Å². The van der Waals surface area contributed by atoms with Crippen molar-refractivity contribution >= 4 is 0 Å². The minimum Gasteiger partial charge on any atom is -0.497 e. The van der Waals surface area contributed by atoms with Gasteiger partial charge < -0.3 is 15.2 Å². The molecule has 2 N–H and O–H groups in total. The molecule has 2 aromatic rings. The lowest BCUT2D eigenvalue weighted by atomic mass is 10.0. The van der Waals surface area contributed by atoms with Crippen LogP contribution in [0.3, 0.4) is 0 Å². The van der Waals surface area contributed by atoms with Gasteiger partial charge in [0.15, 0.2) is 0 Å². The molecule has 0 saturated heterocycles. The van der Waals surface area contributed by atoms with Crippen LogP contribution in [0.25, 0.3) is 0 Å². The third-order valence-electron chi connectivity index (χ3n) is 3.11. The number of methoxy groups -OCH3 is 1. The number of nitrogens with two attached hydrogens (primary N) is 1. The molecule has 2 rings (SSSR count). The molecule has 6 heteroatoms. The minimum atomic E-state index is -4.39. The second-order valence-corrected chi connectivity index (χ2v) is 4.72. The van der Waals surface area contributed by atoms with Crippen LogP contribution in [0, 0.1) is 0 Å². The van der Waals surface area contributed by atoms with Gasteiger partial charge in [-0.2, -0.15) is 13.2 Å². The van der Waals surface area contributed by atoms with Gasteiger partial charge in [-0.3, -0.25) is 0 Å². The van der Waals surface area contributed by atoms with E-state index in [1.165, 1.54) is 13.2 Å². The Labute approximate surface area is 126 Å². The van der Waals surface area contributed by atoms with E-state index >= 15 is 0 Å². The predicted octanol–water partition coefficient (Wildman–Crippen LogP) is 3.79. The summed E-state index contributed by atoms with van der Waals surface area (Å²) in [5.74, 6) is 1.17. The third-order valence-corrected chi connectivity index (χ3v) is 3.11. The number of hydrogen-bond donors (Lipinski definition) is 1. The van der Waals surface area contributed by atoms with Gasteiger partial charge >= 0.3 is 6.18 Å². The minimum absolute atomic E-state index is 0.0640. The average Bonchev–Trinajstić information content (AvgIpc) is 2.52. The van der Waals surface area contributed by atoms with Crippen molar-refractivity contribution in [3.8, 4) is 11.5 Å². The molecule has 0 aliphatic rings. The van der Waals surface area contributed by atoms with Gasteiger partial charge in [0.2, 0.25) is 0 Å². The lowest BCUT2D eigenvalue weighted by molar-refractivity contribution is -0.137. The number of rotatable bonds is 5. The Balaban J connectivity index is 2.04. The molecule has 0 aromatic heterocycles. The Hall–Kier alpha value is -2.21. The molecule has 0 amide bonds. The third kappa shape index (κ3) is 4.14. The van der Waals surface area contributed by atoms with Gasteiger partial charge in [0.25, 0.3) is 0 Å². The van der Waals surface area contributed by atoms with Gasteiger partial charge in [0.1, 0.15) is 18.1 Å². The highest BCUT2D eigenvalue weighted by Crippen LogP contribution is 2.30. The number of alkyl halides is 3. The lowest BCUT2D eigenvalue weighted by Crippen LogP contribution is -2.19. The molecule has 0 radical (unpaired) electrons. The van der Waals surface area contributed by atoms with E-state index in [2.05, 4.69) is 0 Å². The summed E-state index contributed by atoms with van der Waals surface area (Å²) in [5, 5.41) is 0. The van der Waals surface area contributed by atoms with Crippen LogP contribution < -0.4 is 15.2 Å². The second-order valence-electron chi connectivity index (χ2n) is 4.72. The van der Waals surface area contributed by atoms with Crippen LogP contribution in [0.2, 0.25) is 0 Å². The fraction of sp³-hybridized carbons (Fsp3) is 0.250. The second kappa shape index (κ2) is 6.70. The van der Waals surface area contributed by atoms with E-state index in [9.17, 15) is 13.2 Å². The molecule has 0 bridgehead atoms. The molecule has 0 heterocycles. The van der Waals surface area contributed by atoms with E-state index in [-0.39, 0.29) is 6.61 Å². The lowest BCUT2D eigenvalue weighted by Gasteiger charge is -2.16. The summed E-state index contributed by atoms with van der Waals surface area (Å²) in [5.41, 5.74) is 5.55. The first kappa shape index (κ1) is 16.2. The summed E-state index contributed by atoms with van der Waals surface area (Å²) in [4.78, 5) is 0. The van der Waals surface area contributed by atoms with Crippen LogP contribution in [0.1, 0.15) is 17.2 Å². The zero-order valence-electron chi connectivity index (χ0n) is 11.9. The first-order chi connectivity index (χ1) is 10.4. The zero-order chi connectivity index (χ0) is 16.2. The fourth-order valence-electron chi connectivity index (χ4n) is 1.92. The highest BCUT2D eigenvalue weighted by atomic mass is 19.4. The maximum atomic E-state index is 12.7. The van der Waals surface area contributed by atoms with Gasteiger partial charge in [0, 0.05) is 6.07 Å². The molecule has 22 heavy (non-hydrogen) atoms. The van der Waals surface area contributed by atoms with Gasteiger partial charge in [0.05, 0.1) is 18.7 Å². The van der Waals surface area contributed by atoms with Gasteiger partial charge in [-0.05, 0) is 29.8 Å². The highest BCUT2D eigenvalue weighted by molar-refractivity contribution is 5.33. The monoisotopic (exact) mass is 311 g/mol. The first-order valence-corrected chi connectivity index (χ1v) is 6.60. The summed E-state index contributed by atoms with van der Waals surface area (Å²) in [6.07, 6.45) is -4.39. The van der Waals surface area contributed by atoms with Gasteiger partial charge in [-0.15, -0.1) is 0 Å². The summed E-state index contributed by atoms with van der Waals surface area (Å²) < 4.78 is 48.6. The van der Waals surface area contributed by atoms with Crippen molar-refractivity contribution in [3.63, 3.8) is 0 Å². The van der Waals surface area contributed by atoms with Crippen LogP contribution in [0.15, 0.2) is 48.5 Å². The normalized spacial score (nSPS) is 12.8. The van der Waals surface area contributed by atoms with Crippen molar-refractivity contribution in [3.05, 3.63) is 59.7 Å². The van der Waals surface area contributed by atoms with Crippen LogP contribution in [-0.2, 0) is 6.18 Å². The Bertz CT molecular complexity index is 629. The summed E-state index contributed by atoms with van der Waals surface area (Å²) >= 11 is 0. The van der Waals surface area contributed by atoms with E-state index in [0.29, 0.717) is 17.1 Å². The Morgan fingerprint density at radius 2 is 1.73 bits per heavy atom. The first-order valence-electron chi connectivity index (χ1n) is 6.60. The fourth-order valence-corrected chi connectivity index (χ4v) is 1.92. The zero-order valence-corrected chi connectivity index (χ0v) is 11.9. The van der Waals surface area contributed by atoms with Crippen molar-refractivity contribution in [2.45, 2.75) is 12.2 Å². The molecule has 118 valence electrons.